The third-order valence-electron chi connectivity index (χ3n) is 6.59. The van der Waals surface area contributed by atoms with Gasteiger partial charge in [-0.1, -0.05) is 27.2 Å². The minimum Gasteiger partial charge on any atom is -0.456 e. The molecule has 0 aromatic rings. The van der Waals surface area contributed by atoms with Crippen molar-refractivity contribution in [3.05, 3.63) is 0 Å². The SMILES string of the molecule is CC1(C)CCC[C@]2(C)[C@@H]1C[C@@H](O)[C@]1(C)OC(=O)C[C@@H]21. The van der Waals surface area contributed by atoms with E-state index in [2.05, 4.69) is 20.8 Å². The van der Waals surface area contributed by atoms with Crippen LogP contribution in [0.15, 0.2) is 0 Å². The van der Waals surface area contributed by atoms with Gasteiger partial charge >= 0.3 is 5.97 Å². The molecule has 3 rings (SSSR count). The Hall–Kier alpha value is -0.570. The van der Waals surface area contributed by atoms with Crippen molar-refractivity contribution in [2.24, 2.45) is 22.7 Å². The van der Waals surface area contributed by atoms with E-state index in [1.54, 1.807) is 0 Å². The molecule has 0 amide bonds. The lowest BCUT2D eigenvalue weighted by molar-refractivity contribution is -0.204. The Morgan fingerprint density at radius 1 is 1.16 bits per heavy atom. The predicted molar refractivity (Wildman–Crippen MR) is 72.5 cm³/mol. The van der Waals surface area contributed by atoms with E-state index in [1.165, 1.54) is 12.8 Å². The van der Waals surface area contributed by atoms with E-state index >= 15 is 0 Å². The van der Waals surface area contributed by atoms with Crippen LogP contribution in [0.3, 0.4) is 0 Å². The summed E-state index contributed by atoms with van der Waals surface area (Å²) in [5.74, 6) is 0.522. The topological polar surface area (TPSA) is 46.5 Å². The summed E-state index contributed by atoms with van der Waals surface area (Å²) in [6, 6.07) is 0. The minimum absolute atomic E-state index is 0.127. The molecule has 0 aromatic carbocycles. The van der Waals surface area contributed by atoms with Gasteiger partial charge in [-0.25, -0.2) is 0 Å². The molecule has 1 aliphatic heterocycles. The van der Waals surface area contributed by atoms with Gasteiger partial charge in [-0.2, -0.15) is 0 Å². The molecule has 3 aliphatic rings. The quantitative estimate of drug-likeness (QED) is 0.686. The monoisotopic (exact) mass is 266 g/mol. The summed E-state index contributed by atoms with van der Waals surface area (Å²) in [7, 11) is 0. The van der Waals surface area contributed by atoms with Crippen LogP contribution in [-0.2, 0) is 9.53 Å². The highest BCUT2D eigenvalue weighted by Gasteiger charge is 2.66. The number of aliphatic hydroxyl groups excluding tert-OH is 1. The van der Waals surface area contributed by atoms with Crippen LogP contribution in [-0.4, -0.2) is 22.8 Å². The van der Waals surface area contributed by atoms with Gasteiger partial charge in [-0.05, 0) is 42.9 Å². The third kappa shape index (κ3) is 1.63. The van der Waals surface area contributed by atoms with E-state index in [0.29, 0.717) is 12.3 Å². The van der Waals surface area contributed by atoms with Crippen LogP contribution >= 0.6 is 0 Å². The minimum atomic E-state index is -0.657. The summed E-state index contributed by atoms with van der Waals surface area (Å²) in [4.78, 5) is 11.8. The second kappa shape index (κ2) is 3.75. The normalized spacial score (nSPS) is 52.3. The van der Waals surface area contributed by atoms with Crippen molar-refractivity contribution < 1.29 is 14.6 Å². The fraction of sp³-hybridized carbons (Fsp3) is 0.938. The number of carbonyl (C=O) groups excluding carboxylic acids is 1. The molecule has 1 saturated heterocycles. The Balaban J connectivity index is 2.05. The molecule has 3 fully saturated rings. The predicted octanol–water partition coefficient (Wildman–Crippen LogP) is 2.91. The summed E-state index contributed by atoms with van der Waals surface area (Å²) in [6.07, 6.45) is 4.33. The first-order chi connectivity index (χ1) is 8.70. The summed E-state index contributed by atoms with van der Waals surface area (Å²) in [5.41, 5.74) is -0.279. The van der Waals surface area contributed by atoms with Crippen molar-refractivity contribution in [3.63, 3.8) is 0 Å². The lowest BCUT2D eigenvalue weighted by Gasteiger charge is -2.60. The first-order valence-corrected chi connectivity index (χ1v) is 7.60. The number of carbonyl (C=O) groups is 1. The molecule has 108 valence electrons. The van der Waals surface area contributed by atoms with Crippen LogP contribution in [0.5, 0.6) is 0 Å². The highest BCUT2D eigenvalue weighted by atomic mass is 16.6. The van der Waals surface area contributed by atoms with Crippen LogP contribution in [0.25, 0.3) is 0 Å². The Labute approximate surface area is 115 Å². The zero-order chi connectivity index (χ0) is 14.1. The summed E-state index contributed by atoms with van der Waals surface area (Å²) >= 11 is 0. The average Bonchev–Trinajstić information content (AvgIpc) is 2.60. The van der Waals surface area contributed by atoms with Gasteiger partial charge in [0.05, 0.1) is 12.5 Å². The molecule has 2 saturated carbocycles. The highest BCUT2D eigenvalue weighted by molar-refractivity contribution is 5.73. The molecule has 0 bridgehead atoms. The first-order valence-electron chi connectivity index (χ1n) is 7.60. The summed E-state index contributed by atoms with van der Waals surface area (Å²) < 4.78 is 5.56. The van der Waals surface area contributed by atoms with E-state index in [0.717, 1.165) is 12.8 Å². The van der Waals surface area contributed by atoms with E-state index < -0.39 is 11.7 Å². The Bertz CT molecular complexity index is 416. The number of hydrogen-bond donors (Lipinski definition) is 1. The summed E-state index contributed by atoms with van der Waals surface area (Å²) in [5, 5.41) is 10.6. The Kier molecular flexibility index (Phi) is 2.65. The third-order valence-corrected chi connectivity index (χ3v) is 6.59. The molecule has 2 aliphatic carbocycles. The maximum absolute atomic E-state index is 11.8. The summed E-state index contributed by atoms with van der Waals surface area (Å²) in [6.45, 7) is 8.91. The molecule has 3 heteroatoms. The lowest BCUT2D eigenvalue weighted by Crippen LogP contribution is -2.61. The van der Waals surface area contributed by atoms with Crippen molar-refractivity contribution in [1.82, 2.24) is 0 Å². The molecule has 5 atom stereocenters. The molecule has 1 heterocycles. The van der Waals surface area contributed by atoms with Crippen LogP contribution in [0.1, 0.15) is 59.8 Å². The highest BCUT2D eigenvalue weighted by Crippen LogP contribution is 2.64. The van der Waals surface area contributed by atoms with E-state index in [9.17, 15) is 9.90 Å². The van der Waals surface area contributed by atoms with Gasteiger partial charge in [-0.15, -0.1) is 0 Å². The number of fused-ring (bicyclic) bond motifs is 3. The Morgan fingerprint density at radius 3 is 2.53 bits per heavy atom. The van der Waals surface area contributed by atoms with Crippen LogP contribution in [0, 0.1) is 22.7 Å². The van der Waals surface area contributed by atoms with Gasteiger partial charge in [0.15, 0.2) is 0 Å². The van der Waals surface area contributed by atoms with Crippen LogP contribution in [0.2, 0.25) is 0 Å². The fourth-order valence-electron chi connectivity index (χ4n) is 5.54. The van der Waals surface area contributed by atoms with Crippen LogP contribution in [0.4, 0.5) is 0 Å². The maximum Gasteiger partial charge on any atom is 0.306 e. The zero-order valence-electron chi connectivity index (χ0n) is 12.5. The molecule has 19 heavy (non-hydrogen) atoms. The molecule has 1 N–H and O–H groups in total. The smallest absolute Gasteiger partial charge is 0.306 e. The number of hydrogen-bond acceptors (Lipinski definition) is 3. The Morgan fingerprint density at radius 2 is 1.84 bits per heavy atom. The second-order valence-corrected chi connectivity index (χ2v) is 8.07. The zero-order valence-corrected chi connectivity index (χ0v) is 12.5. The largest absolute Gasteiger partial charge is 0.456 e. The standard InChI is InChI=1S/C16H26O3/c1-14(2)6-5-7-15(3)10(14)8-12(17)16(4)11(15)9-13(18)19-16/h10-12,17H,5-9H2,1-4H3/t10-,11+,12-,15-,16-/m1/s1. The average molecular weight is 266 g/mol. The molecule has 0 aromatic heterocycles. The molecule has 0 radical (unpaired) electrons. The fourth-order valence-corrected chi connectivity index (χ4v) is 5.54. The van der Waals surface area contributed by atoms with E-state index in [1.807, 2.05) is 6.92 Å². The van der Waals surface area contributed by atoms with Gasteiger partial charge in [0.1, 0.15) is 5.60 Å². The molecule has 0 unspecified atom stereocenters. The first kappa shape index (κ1) is 13.4. The number of ether oxygens (including phenoxy) is 1. The van der Waals surface area contributed by atoms with Crippen molar-refractivity contribution in [2.45, 2.75) is 71.5 Å². The molecular weight excluding hydrogens is 240 g/mol. The van der Waals surface area contributed by atoms with Crippen molar-refractivity contribution in [1.29, 1.82) is 0 Å². The van der Waals surface area contributed by atoms with Crippen molar-refractivity contribution in [3.8, 4) is 0 Å². The van der Waals surface area contributed by atoms with E-state index in [-0.39, 0.29) is 22.7 Å². The molecule has 0 spiro atoms. The number of rotatable bonds is 0. The molecular formula is C16H26O3. The van der Waals surface area contributed by atoms with Gasteiger partial charge in [0, 0.05) is 5.92 Å². The van der Waals surface area contributed by atoms with Gasteiger partial charge in [-0.3, -0.25) is 4.79 Å². The van der Waals surface area contributed by atoms with E-state index in [4.69, 9.17) is 4.74 Å². The number of aliphatic hydroxyl groups is 1. The van der Waals surface area contributed by atoms with Gasteiger partial charge in [0.25, 0.3) is 0 Å². The van der Waals surface area contributed by atoms with Crippen molar-refractivity contribution >= 4 is 5.97 Å². The van der Waals surface area contributed by atoms with Gasteiger partial charge in [0.2, 0.25) is 0 Å². The second-order valence-electron chi connectivity index (χ2n) is 8.07. The number of esters is 1. The molecule has 3 nitrogen and oxygen atoms in total. The van der Waals surface area contributed by atoms with Crippen LogP contribution < -0.4 is 0 Å². The van der Waals surface area contributed by atoms with Gasteiger partial charge < -0.3 is 9.84 Å². The lowest BCUT2D eigenvalue weighted by atomic mass is 9.45. The van der Waals surface area contributed by atoms with Crippen molar-refractivity contribution in [2.75, 3.05) is 0 Å². The maximum atomic E-state index is 11.8.